The average molecular weight is 310 g/mol. The quantitative estimate of drug-likeness (QED) is 0.902. The van der Waals surface area contributed by atoms with Crippen LogP contribution in [-0.2, 0) is 4.79 Å². The first-order valence-corrected chi connectivity index (χ1v) is 7.69. The van der Waals surface area contributed by atoms with Crippen LogP contribution in [0.2, 0.25) is 5.02 Å². The predicted octanol–water partition coefficient (Wildman–Crippen LogP) is 2.87. The zero-order valence-corrected chi connectivity index (χ0v) is 13.7. The molecule has 1 amide bonds. The molecule has 1 aromatic rings. The highest BCUT2D eigenvalue weighted by Crippen LogP contribution is 2.30. The van der Waals surface area contributed by atoms with E-state index in [9.17, 15) is 4.79 Å². The third kappa shape index (κ3) is 3.69. The van der Waals surface area contributed by atoms with Gasteiger partial charge in [-0.3, -0.25) is 9.69 Å². The SMILES string of the molecule is CC(C)(C)N1CCC(Nc2cccc(Cl)c2)(C(N)=O)CC1. The second-order valence-corrected chi connectivity index (χ2v) is 7.18. The number of anilines is 1. The Hall–Kier alpha value is -1.26. The highest BCUT2D eigenvalue weighted by Gasteiger charge is 2.41. The van der Waals surface area contributed by atoms with E-state index in [1.165, 1.54) is 0 Å². The van der Waals surface area contributed by atoms with Crippen molar-refractivity contribution in [2.24, 2.45) is 5.73 Å². The number of likely N-dealkylation sites (tertiary alicyclic amines) is 1. The summed E-state index contributed by atoms with van der Waals surface area (Å²) < 4.78 is 0. The van der Waals surface area contributed by atoms with Crippen molar-refractivity contribution < 1.29 is 4.79 Å². The Kier molecular flexibility index (Phi) is 4.49. The number of amides is 1. The Morgan fingerprint density at radius 3 is 2.43 bits per heavy atom. The van der Waals surface area contributed by atoms with Gasteiger partial charge in [-0.25, -0.2) is 0 Å². The first-order valence-electron chi connectivity index (χ1n) is 7.32. The van der Waals surface area contributed by atoms with Crippen LogP contribution in [0.1, 0.15) is 33.6 Å². The molecule has 0 atom stereocenters. The molecule has 0 aliphatic carbocycles. The van der Waals surface area contributed by atoms with E-state index in [1.54, 1.807) is 0 Å². The molecule has 1 saturated heterocycles. The summed E-state index contributed by atoms with van der Waals surface area (Å²) in [6, 6.07) is 7.41. The van der Waals surface area contributed by atoms with E-state index in [0.29, 0.717) is 17.9 Å². The van der Waals surface area contributed by atoms with Crippen LogP contribution in [0.25, 0.3) is 0 Å². The molecule has 1 fully saturated rings. The summed E-state index contributed by atoms with van der Waals surface area (Å²) in [4.78, 5) is 14.4. The van der Waals surface area contributed by atoms with Gasteiger partial charge in [-0.1, -0.05) is 17.7 Å². The van der Waals surface area contributed by atoms with Gasteiger partial charge in [0, 0.05) is 29.3 Å². The van der Waals surface area contributed by atoms with Crippen LogP contribution >= 0.6 is 11.6 Å². The Bertz CT molecular complexity index is 516. The van der Waals surface area contributed by atoms with Gasteiger partial charge in [0.15, 0.2) is 0 Å². The van der Waals surface area contributed by atoms with Crippen molar-refractivity contribution in [3.05, 3.63) is 29.3 Å². The van der Waals surface area contributed by atoms with Crippen LogP contribution in [-0.4, -0.2) is 35.0 Å². The van der Waals surface area contributed by atoms with Gasteiger partial charge in [0.05, 0.1) is 0 Å². The summed E-state index contributed by atoms with van der Waals surface area (Å²) in [5.74, 6) is -0.295. The fraction of sp³-hybridized carbons (Fsp3) is 0.562. The van der Waals surface area contributed by atoms with Gasteiger partial charge >= 0.3 is 0 Å². The van der Waals surface area contributed by atoms with Crippen molar-refractivity contribution in [3.8, 4) is 0 Å². The number of carbonyl (C=O) groups is 1. The van der Waals surface area contributed by atoms with Gasteiger partial charge in [-0.2, -0.15) is 0 Å². The summed E-state index contributed by atoms with van der Waals surface area (Å²) >= 11 is 6.01. The molecule has 3 N–H and O–H groups in total. The minimum atomic E-state index is -0.688. The molecule has 1 aliphatic rings. The zero-order chi connectivity index (χ0) is 15.7. The molecule has 0 unspecified atom stereocenters. The van der Waals surface area contributed by atoms with Gasteiger partial charge in [0.2, 0.25) is 5.91 Å². The third-order valence-electron chi connectivity index (χ3n) is 4.25. The molecule has 0 saturated carbocycles. The number of hydrogen-bond acceptors (Lipinski definition) is 3. The topological polar surface area (TPSA) is 58.4 Å². The van der Waals surface area contributed by atoms with Crippen molar-refractivity contribution >= 4 is 23.2 Å². The number of nitrogens with two attached hydrogens (primary N) is 1. The van der Waals surface area contributed by atoms with Gasteiger partial charge in [-0.15, -0.1) is 0 Å². The number of piperidine rings is 1. The number of carbonyl (C=O) groups excluding carboxylic acids is 1. The van der Waals surface area contributed by atoms with Crippen LogP contribution in [0.4, 0.5) is 5.69 Å². The van der Waals surface area contributed by atoms with Crippen molar-refractivity contribution in [2.75, 3.05) is 18.4 Å². The molecule has 0 bridgehead atoms. The molecular formula is C16H24ClN3O. The fourth-order valence-corrected chi connectivity index (χ4v) is 3.03. The molecule has 0 aromatic heterocycles. The van der Waals surface area contributed by atoms with E-state index in [0.717, 1.165) is 18.8 Å². The maximum atomic E-state index is 12.0. The highest BCUT2D eigenvalue weighted by molar-refractivity contribution is 6.30. The zero-order valence-electron chi connectivity index (χ0n) is 12.9. The Balaban J connectivity index is 2.15. The van der Waals surface area contributed by atoms with Crippen LogP contribution in [0.15, 0.2) is 24.3 Å². The van der Waals surface area contributed by atoms with Crippen LogP contribution < -0.4 is 11.1 Å². The lowest BCUT2D eigenvalue weighted by Crippen LogP contribution is -2.59. The number of nitrogens with zero attached hydrogens (tertiary/aromatic N) is 1. The van der Waals surface area contributed by atoms with Crippen molar-refractivity contribution in [1.82, 2.24) is 4.90 Å². The number of hydrogen-bond donors (Lipinski definition) is 2. The lowest BCUT2D eigenvalue weighted by atomic mass is 9.84. The minimum Gasteiger partial charge on any atom is -0.371 e. The van der Waals surface area contributed by atoms with Gasteiger partial charge < -0.3 is 11.1 Å². The summed E-state index contributed by atoms with van der Waals surface area (Å²) in [6.07, 6.45) is 1.40. The second kappa shape index (κ2) is 5.85. The standard InChI is InChI=1S/C16H24ClN3O/c1-15(2,3)20-9-7-16(8-10-20,14(18)21)19-13-6-4-5-12(17)11-13/h4-6,11,19H,7-10H2,1-3H3,(H2,18,21). The van der Waals surface area contributed by atoms with Gasteiger partial charge in [-0.05, 0) is 51.8 Å². The maximum absolute atomic E-state index is 12.0. The van der Waals surface area contributed by atoms with E-state index in [2.05, 4.69) is 31.0 Å². The predicted molar refractivity (Wildman–Crippen MR) is 87.6 cm³/mol. The summed E-state index contributed by atoms with van der Waals surface area (Å²) in [7, 11) is 0. The molecule has 1 heterocycles. The summed E-state index contributed by atoms with van der Waals surface area (Å²) in [6.45, 7) is 8.26. The van der Waals surface area contributed by atoms with Crippen LogP contribution in [0, 0.1) is 0 Å². The molecule has 0 spiro atoms. The molecule has 1 aliphatic heterocycles. The Morgan fingerprint density at radius 1 is 1.33 bits per heavy atom. The number of rotatable bonds is 3. The first-order chi connectivity index (χ1) is 9.73. The van der Waals surface area contributed by atoms with E-state index < -0.39 is 5.54 Å². The van der Waals surface area contributed by atoms with Crippen molar-refractivity contribution in [2.45, 2.75) is 44.7 Å². The molecule has 1 aromatic carbocycles. The largest absolute Gasteiger partial charge is 0.371 e. The Morgan fingerprint density at radius 2 is 1.95 bits per heavy atom. The van der Waals surface area contributed by atoms with Gasteiger partial charge in [0.25, 0.3) is 0 Å². The molecule has 5 heteroatoms. The summed E-state index contributed by atoms with van der Waals surface area (Å²) in [5, 5.41) is 3.97. The van der Waals surface area contributed by atoms with Crippen LogP contribution in [0.5, 0.6) is 0 Å². The molecule has 4 nitrogen and oxygen atoms in total. The molecule has 21 heavy (non-hydrogen) atoms. The third-order valence-corrected chi connectivity index (χ3v) is 4.48. The normalized spacial score (nSPS) is 19.2. The van der Waals surface area contributed by atoms with E-state index in [-0.39, 0.29) is 11.4 Å². The van der Waals surface area contributed by atoms with Crippen LogP contribution in [0.3, 0.4) is 0 Å². The maximum Gasteiger partial charge on any atom is 0.243 e. The number of nitrogens with one attached hydrogen (secondary N) is 1. The van der Waals surface area contributed by atoms with E-state index in [1.807, 2.05) is 24.3 Å². The lowest BCUT2D eigenvalue weighted by molar-refractivity contribution is -0.124. The second-order valence-electron chi connectivity index (χ2n) is 6.74. The Labute approximate surface area is 131 Å². The number of primary amides is 1. The molecule has 2 rings (SSSR count). The average Bonchev–Trinajstić information content (AvgIpc) is 2.38. The fourth-order valence-electron chi connectivity index (χ4n) is 2.83. The smallest absolute Gasteiger partial charge is 0.243 e. The molecule has 0 radical (unpaired) electrons. The monoisotopic (exact) mass is 309 g/mol. The molecule has 116 valence electrons. The van der Waals surface area contributed by atoms with E-state index >= 15 is 0 Å². The van der Waals surface area contributed by atoms with Crippen molar-refractivity contribution in [3.63, 3.8) is 0 Å². The summed E-state index contributed by atoms with van der Waals surface area (Å²) in [5.41, 5.74) is 5.95. The molecular weight excluding hydrogens is 286 g/mol. The van der Waals surface area contributed by atoms with Crippen molar-refractivity contribution in [1.29, 1.82) is 0 Å². The van der Waals surface area contributed by atoms with Gasteiger partial charge in [0.1, 0.15) is 5.54 Å². The lowest BCUT2D eigenvalue weighted by Gasteiger charge is -2.45. The number of halogens is 1. The first kappa shape index (κ1) is 16.1. The minimum absolute atomic E-state index is 0.111. The highest BCUT2D eigenvalue weighted by atomic mass is 35.5. The van der Waals surface area contributed by atoms with E-state index in [4.69, 9.17) is 17.3 Å². The number of benzene rings is 1.